The monoisotopic (exact) mass is 576 g/mol. The van der Waals surface area contributed by atoms with Gasteiger partial charge in [0.25, 0.3) is 5.56 Å². The molecular weight excluding hydrogens is 549 g/mol. The molecule has 1 saturated heterocycles. The fourth-order valence-corrected chi connectivity index (χ4v) is 6.24. The maximum absolute atomic E-state index is 13.8. The Bertz CT molecular complexity index is 1570. The highest BCUT2D eigenvalue weighted by Crippen LogP contribution is 2.40. The van der Waals surface area contributed by atoms with E-state index >= 15 is 0 Å². The van der Waals surface area contributed by atoms with Crippen molar-refractivity contribution < 1.29 is 22.7 Å². The summed E-state index contributed by atoms with van der Waals surface area (Å²) in [5.41, 5.74) is 1.13. The normalized spacial score (nSPS) is 21.4. The number of carbonyl (C=O) groups is 1. The summed E-state index contributed by atoms with van der Waals surface area (Å²) in [6.07, 6.45) is 2.01. The van der Waals surface area contributed by atoms with Crippen LogP contribution in [0.3, 0.4) is 0 Å². The fourth-order valence-electron chi connectivity index (χ4n) is 6.01. The molecule has 1 amide bonds. The average molecular weight is 577 g/mol. The molecule has 40 heavy (non-hydrogen) atoms. The first-order valence-corrected chi connectivity index (χ1v) is 13.7. The third-order valence-electron chi connectivity index (χ3n) is 8.08. The van der Waals surface area contributed by atoms with E-state index in [4.69, 9.17) is 16.3 Å². The van der Waals surface area contributed by atoms with E-state index in [0.29, 0.717) is 43.9 Å². The molecule has 1 aliphatic carbocycles. The van der Waals surface area contributed by atoms with Crippen LogP contribution in [0.2, 0.25) is 5.02 Å². The van der Waals surface area contributed by atoms with Crippen LogP contribution >= 0.6 is 11.6 Å². The van der Waals surface area contributed by atoms with Gasteiger partial charge in [0, 0.05) is 17.8 Å². The van der Waals surface area contributed by atoms with Crippen molar-refractivity contribution in [2.24, 2.45) is 5.41 Å². The number of fused-ring (bicyclic) bond motifs is 2. The van der Waals surface area contributed by atoms with Crippen LogP contribution in [-0.4, -0.2) is 51.4 Å². The van der Waals surface area contributed by atoms with Crippen LogP contribution in [0.5, 0.6) is 0 Å². The van der Waals surface area contributed by atoms with Crippen molar-refractivity contribution in [2.45, 2.75) is 51.2 Å². The lowest BCUT2D eigenvalue weighted by atomic mass is 9.69. The van der Waals surface area contributed by atoms with Gasteiger partial charge in [-0.15, -0.1) is 5.10 Å². The molecule has 3 aliphatic rings. The summed E-state index contributed by atoms with van der Waals surface area (Å²) < 4.78 is 47.5. The number of hydrogen-bond donors (Lipinski definition) is 2. The number of benzene rings is 1. The number of alkyl halides is 3. The third-order valence-corrected chi connectivity index (χ3v) is 8.40. The lowest BCUT2D eigenvalue weighted by Gasteiger charge is -2.41. The molecule has 2 N–H and O–H groups in total. The Morgan fingerprint density at radius 1 is 1.25 bits per heavy atom. The molecule has 1 spiro atoms. The van der Waals surface area contributed by atoms with Gasteiger partial charge in [-0.1, -0.05) is 17.7 Å². The first-order chi connectivity index (χ1) is 19.1. The second kappa shape index (κ2) is 10.3. The molecule has 4 heterocycles. The molecule has 0 radical (unpaired) electrons. The van der Waals surface area contributed by atoms with E-state index in [1.165, 1.54) is 4.52 Å². The van der Waals surface area contributed by atoms with Gasteiger partial charge in [0.2, 0.25) is 11.7 Å². The molecular formula is C27H28ClF3N6O3. The first kappa shape index (κ1) is 27.0. The molecule has 212 valence electrons. The van der Waals surface area contributed by atoms with Crippen LogP contribution in [0.4, 0.5) is 18.9 Å². The zero-order valence-electron chi connectivity index (χ0n) is 21.6. The molecule has 2 aromatic heterocycles. The second-order valence-corrected chi connectivity index (χ2v) is 11.1. The molecule has 1 unspecified atom stereocenters. The summed E-state index contributed by atoms with van der Waals surface area (Å²) in [6.45, 7) is 2.52. The van der Waals surface area contributed by atoms with Crippen LogP contribution < -0.4 is 16.2 Å². The summed E-state index contributed by atoms with van der Waals surface area (Å²) >= 11 is 6.07. The number of nitrogens with zero attached hydrogens (tertiary/aromatic N) is 4. The fraction of sp³-hybridized carbons (Fsp3) is 0.481. The average Bonchev–Trinajstić information content (AvgIpc) is 3.39. The Morgan fingerprint density at radius 3 is 2.80 bits per heavy atom. The number of ether oxygens (including phenoxy) is 1. The van der Waals surface area contributed by atoms with Gasteiger partial charge in [-0.05, 0) is 74.3 Å². The topological polar surface area (TPSA) is 103 Å². The molecule has 0 saturated carbocycles. The number of anilines is 1. The standard InChI is InChI=1S/C27H28ClF3N6O3/c28-19-12-17(27(29,30)31)2-3-20(19)33-22(38)14-36-21-4-8-26(7-1-9-32-15-26)13-18(21)24(39)37-25(36)34-23(35-37)16-5-10-40-11-6-16/h2-3,5,12,32H,1,4,6-11,13-15H2,(H,33,38). The highest BCUT2D eigenvalue weighted by atomic mass is 35.5. The molecule has 13 heteroatoms. The number of carbonyl (C=O) groups excluding carboxylic acids is 1. The summed E-state index contributed by atoms with van der Waals surface area (Å²) in [5.74, 6) is 0.151. The highest BCUT2D eigenvalue weighted by Gasteiger charge is 2.39. The molecule has 1 fully saturated rings. The Morgan fingerprint density at radius 2 is 2.10 bits per heavy atom. The SMILES string of the molecule is O=C(Cn1c2c(c(=O)n3nc(C4=CCOCC4)nc13)CC1(CCCNC1)CC2)Nc1ccc(C(F)(F)F)cc1Cl. The minimum Gasteiger partial charge on any atom is -0.377 e. The first-order valence-electron chi connectivity index (χ1n) is 13.3. The van der Waals surface area contributed by atoms with Crippen LogP contribution in [-0.2, 0) is 35.1 Å². The van der Waals surface area contributed by atoms with Gasteiger partial charge in [0.1, 0.15) is 6.54 Å². The van der Waals surface area contributed by atoms with Gasteiger partial charge in [-0.3, -0.25) is 9.59 Å². The third kappa shape index (κ3) is 5.04. The summed E-state index contributed by atoms with van der Waals surface area (Å²) in [6, 6.07) is 2.78. The predicted octanol–water partition coefficient (Wildman–Crippen LogP) is 3.86. The van der Waals surface area contributed by atoms with E-state index in [1.54, 1.807) is 4.57 Å². The van der Waals surface area contributed by atoms with E-state index in [-0.39, 0.29) is 34.0 Å². The van der Waals surface area contributed by atoms with Crippen molar-refractivity contribution in [3.05, 3.63) is 62.3 Å². The maximum atomic E-state index is 13.8. The number of hydrogen-bond acceptors (Lipinski definition) is 6. The van der Waals surface area contributed by atoms with Gasteiger partial charge >= 0.3 is 6.18 Å². The Labute approximate surface area is 232 Å². The van der Waals surface area contributed by atoms with Crippen molar-refractivity contribution in [2.75, 3.05) is 31.6 Å². The zero-order valence-corrected chi connectivity index (χ0v) is 22.4. The van der Waals surface area contributed by atoms with Crippen molar-refractivity contribution >= 4 is 34.5 Å². The van der Waals surface area contributed by atoms with E-state index in [9.17, 15) is 22.8 Å². The van der Waals surface area contributed by atoms with Crippen LogP contribution in [0.1, 0.15) is 48.3 Å². The molecule has 0 bridgehead atoms. The van der Waals surface area contributed by atoms with E-state index < -0.39 is 17.6 Å². The quantitative estimate of drug-likeness (QED) is 0.489. The van der Waals surface area contributed by atoms with Crippen LogP contribution in [0, 0.1) is 5.41 Å². The van der Waals surface area contributed by atoms with Crippen molar-refractivity contribution in [3.63, 3.8) is 0 Å². The lowest BCUT2D eigenvalue weighted by molar-refractivity contribution is -0.137. The minimum absolute atomic E-state index is 0.0292. The number of rotatable bonds is 4. The van der Waals surface area contributed by atoms with Gasteiger partial charge in [0.15, 0.2) is 5.82 Å². The van der Waals surface area contributed by atoms with Crippen LogP contribution in [0.15, 0.2) is 29.1 Å². The number of piperidine rings is 1. The smallest absolute Gasteiger partial charge is 0.377 e. The van der Waals surface area contributed by atoms with Crippen molar-refractivity contribution in [1.29, 1.82) is 0 Å². The van der Waals surface area contributed by atoms with Crippen molar-refractivity contribution in [3.8, 4) is 0 Å². The molecule has 1 atom stereocenters. The van der Waals surface area contributed by atoms with Gasteiger partial charge in [-0.25, -0.2) is 0 Å². The van der Waals surface area contributed by atoms with Crippen LogP contribution in [0.25, 0.3) is 11.4 Å². The second-order valence-electron chi connectivity index (χ2n) is 10.7. The Balaban J connectivity index is 1.39. The zero-order chi connectivity index (χ0) is 28.1. The van der Waals surface area contributed by atoms with Gasteiger partial charge in [-0.2, -0.15) is 22.7 Å². The summed E-state index contributed by atoms with van der Waals surface area (Å²) in [7, 11) is 0. The van der Waals surface area contributed by atoms with E-state index in [0.717, 1.165) is 61.8 Å². The van der Waals surface area contributed by atoms with Crippen molar-refractivity contribution in [1.82, 2.24) is 24.5 Å². The summed E-state index contributed by atoms with van der Waals surface area (Å²) in [4.78, 5) is 31.7. The minimum atomic E-state index is -4.55. The molecule has 2 aliphatic heterocycles. The maximum Gasteiger partial charge on any atom is 0.416 e. The number of aromatic nitrogens is 4. The van der Waals surface area contributed by atoms with Gasteiger partial charge in [0.05, 0.1) is 29.5 Å². The van der Waals surface area contributed by atoms with E-state index in [2.05, 4.69) is 20.7 Å². The molecule has 3 aromatic rings. The predicted molar refractivity (Wildman–Crippen MR) is 142 cm³/mol. The molecule has 6 rings (SSSR count). The summed E-state index contributed by atoms with van der Waals surface area (Å²) in [5, 5.41) is 10.4. The highest BCUT2D eigenvalue weighted by molar-refractivity contribution is 6.33. The largest absolute Gasteiger partial charge is 0.416 e. The molecule has 1 aromatic carbocycles. The molecule has 9 nitrogen and oxygen atoms in total. The number of nitrogens with one attached hydrogen (secondary N) is 2. The Hall–Kier alpha value is -3.22. The Kier molecular flexibility index (Phi) is 6.96. The van der Waals surface area contributed by atoms with Gasteiger partial charge < -0.3 is 19.9 Å². The van der Waals surface area contributed by atoms with E-state index in [1.807, 2.05) is 6.08 Å². The number of amides is 1. The number of halogens is 4. The lowest BCUT2D eigenvalue weighted by Crippen LogP contribution is -2.46.